The fourth-order valence-electron chi connectivity index (χ4n) is 1.51. The molecule has 0 unspecified atom stereocenters. The van der Waals surface area contributed by atoms with E-state index in [4.69, 9.17) is 5.11 Å². The van der Waals surface area contributed by atoms with Crippen molar-refractivity contribution < 1.29 is 23.1 Å². The zero-order valence-electron chi connectivity index (χ0n) is 11.2. The highest BCUT2D eigenvalue weighted by atomic mass is 32.2. The molecule has 0 bridgehead atoms. The number of amides is 1. The Hall–Kier alpha value is -1.93. The van der Waals surface area contributed by atoms with Crippen LogP contribution in [0.5, 0.6) is 0 Å². The highest BCUT2D eigenvalue weighted by Crippen LogP contribution is 2.15. The first kappa shape index (κ1) is 16.1. The lowest BCUT2D eigenvalue weighted by Gasteiger charge is -2.16. The van der Waals surface area contributed by atoms with Gasteiger partial charge in [-0.2, -0.15) is 4.31 Å². The Bertz CT molecular complexity index is 612. The number of nitrogens with zero attached hydrogens (tertiary/aromatic N) is 1. The number of carbonyl (C=O) groups is 2. The van der Waals surface area contributed by atoms with Crippen LogP contribution in [0.1, 0.15) is 17.3 Å². The van der Waals surface area contributed by atoms with Gasteiger partial charge in [0.1, 0.15) is 0 Å². The molecule has 0 atom stereocenters. The predicted molar refractivity (Wildman–Crippen MR) is 71.9 cm³/mol. The Balaban J connectivity index is 3.01. The number of carboxylic acids is 1. The Morgan fingerprint density at radius 3 is 2.55 bits per heavy atom. The molecule has 0 spiro atoms. The summed E-state index contributed by atoms with van der Waals surface area (Å²) in [5.74, 6) is -1.64. The number of carboxylic acid groups (broad SMARTS) is 1. The number of carbonyl (C=O) groups excluding carboxylic acids is 1. The van der Waals surface area contributed by atoms with Crippen LogP contribution in [0.4, 0.5) is 0 Å². The molecule has 7 nitrogen and oxygen atoms in total. The van der Waals surface area contributed by atoms with E-state index in [0.29, 0.717) is 6.54 Å². The van der Waals surface area contributed by atoms with Crippen molar-refractivity contribution in [1.82, 2.24) is 9.62 Å². The van der Waals surface area contributed by atoms with Crippen LogP contribution in [-0.4, -0.2) is 49.8 Å². The van der Waals surface area contributed by atoms with Crippen molar-refractivity contribution in [3.8, 4) is 0 Å². The van der Waals surface area contributed by atoms with Crippen LogP contribution in [0.2, 0.25) is 0 Å². The van der Waals surface area contributed by atoms with Gasteiger partial charge < -0.3 is 10.4 Å². The first-order valence-electron chi connectivity index (χ1n) is 5.85. The molecule has 0 aliphatic carbocycles. The second-order valence-corrected chi connectivity index (χ2v) is 6.09. The minimum atomic E-state index is -3.90. The van der Waals surface area contributed by atoms with Crippen molar-refractivity contribution in [2.24, 2.45) is 0 Å². The zero-order chi connectivity index (χ0) is 15.3. The molecular formula is C12H16N2O5S. The number of benzene rings is 1. The van der Waals surface area contributed by atoms with Crippen molar-refractivity contribution in [2.75, 3.05) is 20.1 Å². The van der Waals surface area contributed by atoms with Gasteiger partial charge in [-0.1, -0.05) is 6.07 Å². The minimum absolute atomic E-state index is 0.127. The van der Waals surface area contributed by atoms with Gasteiger partial charge in [0.15, 0.2) is 0 Å². The van der Waals surface area contributed by atoms with Crippen molar-refractivity contribution >= 4 is 21.9 Å². The van der Waals surface area contributed by atoms with E-state index in [1.165, 1.54) is 25.2 Å². The van der Waals surface area contributed by atoms with Gasteiger partial charge in [-0.15, -0.1) is 0 Å². The van der Waals surface area contributed by atoms with E-state index < -0.39 is 21.9 Å². The summed E-state index contributed by atoms with van der Waals surface area (Å²) in [7, 11) is -2.64. The molecule has 0 radical (unpaired) electrons. The van der Waals surface area contributed by atoms with Gasteiger partial charge in [-0.05, 0) is 25.1 Å². The quantitative estimate of drug-likeness (QED) is 0.778. The fourth-order valence-corrected chi connectivity index (χ4v) is 2.68. The number of likely N-dealkylation sites (N-methyl/N-ethyl adjacent to an activating group) is 2. The first-order valence-corrected chi connectivity index (χ1v) is 7.29. The van der Waals surface area contributed by atoms with Crippen molar-refractivity contribution in [3.05, 3.63) is 29.8 Å². The molecule has 8 heteroatoms. The van der Waals surface area contributed by atoms with Gasteiger partial charge in [0.25, 0.3) is 0 Å². The minimum Gasteiger partial charge on any atom is -0.478 e. The van der Waals surface area contributed by atoms with Gasteiger partial charge in [0.2, 0.25) is 15.9 Å². The third-order valence-corrected chi connectivity index (χ3v) is 4.33. The summed E-state index contributed by atoms with van der Waals surface area (Å²) in [5, 5.41) is 11.3. The molecule has 0 heterocycles. The largest absolute Gasteiger partial charge is 0.478 e. The van der Waals surface area contributed by atoms with Crippen molar-refractivity contribution in [2.45, 2.75) is 11.8 Å². The third-order valence-electron chi connectivity index (χ3n) is 2.53. The van der Waals surface area contributed by atoms with Gasteiger partial charge >= 0.3 is 5.97 Å². The van der Waals surface area contributed by atoms with Crippen molar-refractivity contribution in [1.29, 1.82) is 0 Å². The van der Waals surface area contributed by atoms with Crippen LogP contribution in [0.3, 0.4) is 0 Å². The summed E-state index contributed by atoms with van der Waals surface area (Å²) < 4.78 is 25.3. The molecule has 2 N–H and O–H groups in total. The number of sulfonamides is 1. The Morgan fingerprint density at radius 2 is 2.00 bits per heavy atom. The van der Waals surface area contributed by atoms with E-state index in [1.807, 2.05) is 0 Å². The fraction of sp³-hybridized carbons (Fsp3) is 0.333. The molecule has 1 aromatic carbocycles. The lowest BCUT2D eigenvalue weighted by Crippen LogP contribution is -2.38. The molecular weight excluding hydrogens is 284 g/mol. The topological polar surface area (TPSA) is 104 Å². The smallest absolute Gasteiger partial charge is 0.335 e. The molecule has 0 saturated carbocycles. The molecule has 0 saturated heterocycles. The SMILES string of the molecule is CCNC(=O)CN(C)S(=O)(=O)c1cccc(C(=O)O)c1. The van der Waals surface area contributed by atoms with Crippen LogP contribution in [0, 0.1) is 0 Å². The highest BCUT2D eigenvalue weighted by Gasteiger charge is 2.23. The molecule has 1 rings (SSSR count). The van der Waals surface area contributed by atoms with E-state index in [-0.39, 0.29) is 17.0 Å². The molecule has 1 amide bonds. The molecule has 0 aliphatic heterocycles. The summed E-state index contributed by atoms with van der Waals surface area (Å²) in [6.07, 6.45) is 0. The summed E-state index contributed by atoms with van der Waals surface area (Å²) in [6.45, 7) is 1.80. The third kappa shape index (κ3) is 3.78. The molecule has 0 aliphatic rings. The monoisotopic (exact) mass is 300 g/mol. The standard InChI is InChI=1S/C12H16N2O5S/c1-3-13-11(15)8-14(2)20(18,19)10-6-4-5-9(7-10)12(16)17/h4-7H,3,8H2,1-2H3,(H,13,15)(H,16,17). The number of aromatic carboxylic acids is 1. The summed E-state index contributed by atoms with van der Waals surface area (Å²) in [4.78, 5) is 22.1. The predicted octanol–water partition coefficient (Wildman–Crippen LogP) is 0.141. The van der Waals surface area contributed by atoms with Gasteiger partial charge in [-0.25, -0.2) is 13.2 Å². The summed E-state index contributed by atoms with van der Waals surface area (Å²) >= 11 is 0. The maximum atomic E-state index is 12.2. The molecule has 0 aromatic heterocycles. The average molecular weight is 300 g/mol. The van der Waals surface area contributed by atoms with E-state index in [0.717, 1.165) is 10.4 Å². The second kappa shape index (κ2) is 6.49. The Kier molecular flexibility index (Phi) is 5.23. The number of hydrogen-bond donors (Lipinski definition) is 2. The van der Waals surface area contributed by atoms with Crippen LogP contribution < -0.4 is 5.32 Å². The number of hydrogen-bond acceptors (Lipinski definition) is 4. The Labute approximate surface area is 117 Å². The van der Waals surface area contributed by atoms with Crippen LogP contribution in [0.15, 0.2) is 29.2 Å². The lowest BCUT2D eigenvalue weighted by molar-refractivity contribution is -0.121. The normalized spacial score (nSPS) is 11.3. The molecule has 20 heavy (non-hydrogen) atoms. The zero-order valence-corrected chi connectivity index (χ0v) is 12.0. The van der Waals surface area contributed by atoms with Crippen LogP contribution in [0.25, 0.3) is 0 Å². The molecule has 0 fully saturated rings. The van der Waals surface area contributed by atoms with Gasteiger partial charge in [0, 0.05) is 13.6 Å². The van der Waals surface area contributed by atoms with Crippen LogP contribution in [-0.2, 0) is 14.8 Å². The molecule has 110 valence electrons. The van der Waals surface area contributed by atoms with E-state index in [2.05, 4.69) is 5.32 Å². The van der Waals surface area contributed by atoms with Gasteiger partial charge in [-0.3, -0.25) is 4.79 Å². The van der Waals surface area contributed by atoms with E-state index >= 15 is 0 Å². The lowest BCUT2D eigenvalue weighted by atomic mass is 10.2. The maximum absolute atomic E-state index is 12.2. The summed E-state index contributed by atoms with van der Waals surface area (Å²) in [6, 6.07) is 4.99. The second-order valence-electron chi connectivity index (χ2n) is 4.05. The molecule has 1 aromatic rings. The van der Waals surface area contributed by atoms with Gasteiger partial charge in [0.05, 0.1) is 17.0 Å². The number of rotatable bonds is 6. The van der Waals surface area contributed by atoms with Crippen LogP contribution >= 0.6 is 0 Å². The van der Waals surface area contributed by atoms with E-state index in [1.54, 1.807) is 6.92 Å². The number of nitrogens with one attached hydrogen (secondary N) is 1. The highest BCUT2D eigenvalue weighted by molar-refractivity contribution is 7.89. The average Bonchev–Trinajstić information content (AvgIpc) is 2.38. The maximum Gasteiger partial charge on any atom is 0.335 e. The first-order chi connectivity index (χ1) is 9.28. The van der Waals surface area contributed by atoms with E-state index in [9.17, 15) is 18.0 Å². The van der Waals surface area contributed by atoms with Crippen molar-refractivity contribution in [3.63, 3.8) is 0 Å². The summed E-state index contributed by atoms with van der Waals surface area (Å²) in [5.41, 5.74) is -0.127. The Morgan fingerprint density at radius 1 is 1.35 bits per heavy atom.